The molecule has 0 unspecified atom stereocenters. The van der Waals surface area contributed by atoms with Gasteiger partial charge in [0.2, 0.25) is 0 Å². The quantitative estimate of drug-likeness (QED) is 0.188. The van der Waals surface area contributed by atoms with E-state index in [0.717, 1.165) is 55.3 Å². The van der Waals surface area contributed by atoms with Crippen molar-refractivity contribution >= 4 is 65.3 Å². The average molecular weight is 665 g/mol. The predicted molar refractivity (Wildman–Crippen MR) is 213 cm³/mol. The van der Waals surface area contributed by atoms with Crippen molar-refractivity contribution in [3.05, 3.63) is 170 Å². The molecule has 242 valence electrons. The Morgan fingerprint density at radius 2 is 0.962 bits per heavy atom. The zero-order chi connectivity index (χ0) is 34.2. The molecular formula is C47H28N4O. The molecule has 5 heteroatoms. The number of hydrogen-bond donors (Lipinski definition) is 0. The lowest BCUT2D eigenvalue weighted by Crippen LogP contribution is -2.01. The first kappa shape index (κ1) is 28.7. The Labute approximate surface area is 298 Å². The van der Waals surface area contributed by atoms with Crippen LogP contribution in [0, 0.1) is 0 Å². The molecule has 0 bridgehead atoms. The molecule has 0 amide bonds. The number of furan rings is 1. The fraction of sp³-hybridized carbons (Fsp3) is 0. The molecule has 0 saturated carbocycles. The highest BCUT2D eigenvalue weighted by atomic mass is 16.3. The molecule has 0 atom stereocenters. The highest BCUT2D eigenvalue weighted by molar-refractivity contribution is 6.28. The van der Waals surface area contributed by atoms with Crippen LogP contribution in [0.15, 0.2) is 174 Å². The number of hydrogen-bond acceptors (Lipinski definition) is 4. The molecule has 0 N–H and O–H groups in total. The van der Waals surface area contributed by atoms with Crippen LogP contribution in [0.2, 0.25) is 0 Å². The molecule has 0 radical (unpaired) electrons. The minimum atomic E-state index is 0.564. The van der Waals surface area contributed by atoms with Gasteiger partial charge in [-0.1, -0.05) is 133 Å². The number of nitrogens with zero attached hydrogens (tertiary/aromatic N) is 4. The zero-order valence-corrected chi connectivity index (χ0v) is 27.9. The number of aromatic nitrogens is 4. The van der Waals surface area contributed by atoms with Crippen LogP contribution < -0.4 is 0 Å². The Bertz CT molecular complexity index is 3100. The minimum Gasteiger partial charge on any atom is -0.455 e. The standard InChI is InChI=1S/C47H28N4O/c1-2-14-31(15-3-1)45-48-46(50-47(49-45)38-22-11-21-37-36-20-8-9-23-41(36)52-44(37)38)32-16-10-17-33(28-32)51-39-26-24-29-12-4-6-18-34(29)42(39)43-35-19-7-5-13-30(35)25-27-40(43)51/h1-28H. The number of fused-ring (bicyclic) bond motifs is 10. The van der Waals surface area contributed by atoms with Crippen LogP contribution in [0.5, 0.6) is 0 Å². The summed E-state index contributed by atoms with van der Waals surface area (Å²) in [6, 6.07) is 59.2. The highest BCUT2D eigenvalue weighted by Crippen LogP contribution is 2.41. The van der Waals surface area contributed by atoms with E-state index in [0.29, 0.717) is 17.5 Å². The molecule has 5 nitrogen and oxygen atoms in total. The van der Waals surface area contributed by atoms with Gasteiger partial charge in [0, 0.05) is 38.4 Å². The van der Waals surface area contributed by atoms with Crippen molar-refractivity contribution in [1.29, 1.82) is 0 Å². The van der Waals surface area contributed by atoms with E-state index in [1.807, 2.05) is 60.7 Å². The summed E-state index contributed by atoms with van der Waals surface area (Å²) in [6.07, 6.45) is 0. The third-order valence-corrected chi connectivity index (χ3v) is 10.2. The first-order valence-electron chi connectivity index (χ1n) is 17.5. The number of rotatable bonds is 4. The van der Waals surface area contributed by atoms with E-state index >= 15 is 0 Å². The van der Waals surface area contributed by atoms with E-state index < -0.39 is 0 Å². The SMILES string of the molecule is c1ccc(-c2nc(-c3cccc(-n4c5ccc6ccccc6c5c5c6ccccc6ccc54)c3)nc(-c3cccc4c3oc3ccccc34)n2)cc1. The van der Waals surface area contributed by atoms with Gasteiger partial charge >= 0.3 is 0 Å². The molecular weight excluding hydrogens is 637 g/mol. The van der Waals surface area contributed by atoms with Crippen molar-refractivity contribution in [3.8, 4) is 39.9 Å². The largest absolute Gasteiger partial charge is 0.455 e. The lowest BCUT2D eigenvalue weighted by Gasteiger charge is -2.12. The van der Waals surface area contributed by atoms with Crippen molar-refractivity contribution in [3.63, 3.8) is 0 Å². The molecule has 0 fully saturated rings. The molecule has 0 saturated heterocycles. The van der Waals surface area contributed by atoms with Gasteiger partial charge in [-0.25, -0.2) is 15.0 Å². The molecule has 11 aromatic rings. The molecule has 11 rings (SSSR count). The molecule has 3 heterocycles. The second-order valence-corrected chi connectivity index (χ2v) is 13.2. The van der Waals surface area contributed by atoms with Crippen molar-refractivity contribution in [2.45, 2.75) is 0 Å². The maximum Gasteiger partial charge on any atom is 0.167 e. The van der Waals surface area contributed by atoms with E-state index in [4.69, 9.17) is 19.4 Å². The Kier molecular flexibility index (Phi) is 6.18. The van der Waals surface area contributed by atoms with Gasteiger partial charge in [0.1, 0.15) is 11.2 Å². The topological polar surface area (TPSA) is 56.7 Å². The van der Waals surface area contributed by atoms with Gasteiger partial charge in [0.15, 0.2) is 17.5 Å². The van der Waals surface area contributed by atoms with Gasteiger partial charge < -0.3 is 8.98 Å². The van der Waals surface area contributed by atoms with Crippen molar-refractivity contribution in [2.24, 2.45) is 0 Å². The fourth-order valence-electron chi connectivity index (χ4n) is 7.88. The van der Waals surface area contributed by atoms with Crippen LogP contribution in [-0.4, -0.2) is 19.5 Å². The molecule has 0 aliphatic rings. The number of para-hydroxylation sites is 2. The maximum absolute atomic E-state index is 6.44. The van der Waals surface area contributed by atoms with Gasteiger partial charge in [-0.2, -0.15) is 0 Å². The van der Waals surface area contributed by atoms with Crippen LogP contribution in [0.3, 0.4) is 0 Å². The number of benzene rings is 8. The van der Waals surface area contributed by atoms with E-state index in [2.05, 4.69) is 114 Å². The van der Waals surface area contributed by atoms with E-state index in [-0.39, 0.29) is 0 Å². The summed E-state index contributed by atoms with van der Waals surface area (Å²) in [5, 5.41) is 9.53. The third kappa shape index (κ3) is 4.33. The highest BCUT2D eigenvalue weighted by Gasteiger charge is 2.20. The first-order valence-corrected chi connectivity index (χ1v) is 17.5. The lowest BCUT2D eigenvalue weighted by atomic mass is 10.00. The Balaban J connectivity index is 1.16. The maximum atomic E-state index is 6.44. The van der Waals surface area contributed by atoms with E-state index in [1.165, 1.54) is 32.3 Å². The summed E-state index contributed by atoms with van der Waals surface area (Å²) in [5.41, 5.74) is 7.58. The Morgan fingerprint density at radius 3 is 1.69 bits per heavy atom. The molecule has 0 aliphatic heterocycles. The molecule has 52 heavy (non-hydrogen) atoms. The molecule has 8 aromatic carbocycles. The average Bonchev–Trinajstić information content (AvgIpc) is 3.78. The predicted octanol–water partition coefficient (Wildman–Crippen LogP) is 12.2. The summed E-state index contributed by atoms with van der Waals surface area (Å²) >= 11 is 0. The molecule has 0 spiro atoms. The van der Waals surface area contributed by atoms with Gasteiger partial charge in [-0.3, -0.25) is 0 Å². The zero-order valence-electron chi connectivity index (χ0n) is 27.9. The normalized spacial score (nSPS) is 11.8. The fourth-order valence-corrected chi connectivity index (χ4v) is 7.88. The molecule has 0 aliphatic carbocycles. The van der Waals surface area contributed by atoms with E-state index in [9.17, 15) is 0 Å². The molecule has 3 aromatic heterocycles. The van der Waals surface area contributed by atoms with Crippen LogP contribution in [0.25, 0.3) is 105 Å². The minimum absolute atomic E-state index is 0.564. The Hall–Kier alpha value is -7.11. The van der Waals surface area contributed by atoms with Gasteiger partial charge in [-0.15, -0.1) is 0 Å². The van der Waals surface area contributed by atoms with Gasteiger partial charge in [-0.05, 0) is 57.9 Å². The van der Waals surface area contributed by atoms with Crippen molar-refractivity contribution in [1.82, 2.24) is 19.5 Å². The summed E-state index contributed by atoms with van der Waals surface area (Å²) in [6.45, 7) is 0. The van der Waals surface area contributed by atoms with Crippen molar-refractivity contribution < 1.29 is 4.42 Å². The van der Waals surface area contributed by atoms with Crippen LogP contribution in [0.1, 0.15) is 0 Å². The van der Waals surface area contributed by atoms with E-state index in [1.54, 1.807) is 0 Å². The van der Waals surface area contributed by atoms with Gasteiger partial charge in [0.25, 0.3) is 0 Å². The lowest BCUT2D eigenvalue weighted by molar-refractivity contribution is 0.669. The first-order chi connectivity index (χ1) is 25.8. The Morgan fingerprint density at radius 1 is 0.404 bits per heavy atom. The summed E-state index contributed by atoms with van der Waals surface area (Å²) < 4.78 is 8.81. The van der Waals surface area contributed by atoms with Crippen LogP contribution >= 0.6 is 0 Å². The van der Waals surface area contributed by atoms with Crippen LogP contribution in [0.4, 0.5) is 0 Å². The van der Waals surface area contributed by atoms with Crippen LogP contribution in [-0.2, 0) is 0 Å². The van der Waals surface area contributed by atoms with Crippen molar-refractivity contribution in [2.75, 3.05) is 0 Å². The van der Waals surface area contributed by atoms with Gasteiger partial charge in [0.05, 0.1) is 16.6 Å². The second kappa shape index (κ2) is 11.2. The third-order valence-electron chi connectivity index (χ3n) is 10.2. The summed E-state index contributed by atoms with van der Waals surface area (Å²) in [7, 11) is 0. The smallest absolute Gasteiger partial charge is 0.167 e. The second-order valence-electron chi connectivity index (χ2n) is 13.2. The summed E-state index contributed by atoms with van der Waals surface area (Å²) in [5.74, 6) is 1.76. The summed E-state index contributed by atoms with van der Waals surface area (Å²) in [4.78, 5) is 15.3. The monoisotopic (exact) mass is 664 g/mol.